The van der Waals surface area contributed by atoms with E-state index in [1.807, 2.05) is 0 Å². The number of aliphatic hydroxyl groups is 4. The van der Waals surface area contributed by atoms with Crippen LogP contribution in [0.25, 0.3) is 0 Å². The van der Waals surface area contributed by atoms with Crippen LogP contribution in [0.4, 0.5) is 0 Å². The average molecular weight is 496 g/mol. The number of rotatable bonds is 10. The number of carbonyl (C=O) groups is 1. The van der Waals surface area contributed by atoms with E-state index >= 15 is 0 Å². The molecule has 2 rings (SSSR count). The predicted octanol–water partition coefficient (Wildman–Crippen LogP) is -0.320. The molecule has 5 N–H and O–H groups in total. The molecule has 1 aromatic rings. The molecule has 0 bridgehead atoms. The zero-order valence-corrected chi connectivity index (χ0v) is 18.4. The minimum absolute atomic E-state index is 0.0265. The van der Waals surface area contributed by atoms with E-state index < -0.39 is 52.8 Å². The van der Waals surface area contributed by atoms with Gasteiger partial charge in [0.1, 0.15) is 34.9 Å². The number of esters is 1. The fraction of sp³-hybridized carbons (Fsp3) is 0.556. The van der Waals surface area contributed by atoms with E-state index in [-0.39, 0.29) is 18.1 Å². The summed E-state index contributed by atoms with van der Waals surface area (Å²) in [4.78, 5) is 11.9. The van der Waals surface area contributed by atoms with E-state index in [2.05, 4.69) is 9.44 Å². The highest BCUT2D eigenvalue weighted by Crippen LogP contribution is 2.30. The lowest BCUT2D eigenvalue weighted by Gasteiger charge is -2.39. The number of benzene rings is 1. The summed E-state index contributed by atoms with van der Waals surface area (Å²) < 4.78 is 44.9. The van der Waals surface area contributed by atoms with Gasteiger partial charge in [-0.25, -0.2) is 9.08 Å². The molecule has 14 heteroatoms. The lowest BCUT2D eigenvalue weighted by atomic mass is 10.0. The van der Waals surface area contributed by atoms with Gasteiger partial charge in [0, 0.05) is 0 Å². The molecule has 0 aliphatic carbocycles. The van der Waals surface area contributed by atoms with Crippen molar-refractivity contribution in [2.75, 3.05) is 13.2 Å². The van der Waals surface area contributed by atoms with Gasteiger partial charge < -0.3 is 29.9 Å². The van der Waals surface area contributed by atoms with Crippen LogP contribution in [0.5, 0.6) is 0 Å². The van der Waals surface area contributed by atoms with Crippen LogP contribution in [-0.4, -0.2) is 87.5 Å². The number of nitrogens with zero attached hydrogens (tertiary/aromatic N) is 1. The molecule has 0 amide bonds. The van der Waals surface area contributed by atoms with Crippen molar-refractivity contribution < 1.29 is 51.9 Å². The van der Waals surface area contributed by atoms with Gasteiger partial charge in [0.2, 0.25) is 0 Å². The van der Waals surface area contributed by atoms with Gasteiger partial charge in [-0.2, -0.15) is 8.42 Å². The van der Waals surface area contributed by atoms with Crippen LogP contribution >= 0.6 is 11.8 Å². The molecular weight excluding hydrogens is 470 g/mol. The summed E-state index contributed by atoms with van der Waals surface area (Å²) in [7, 11) is -4.89. The first-order valence-electron chi connectivity index (χ1n) is 9.54. The van der Waals surface area contributed by atoms with Crippen molar-refractivity contribution in [1.29, 1.82) is 0 Å². The second-order valence-corrected chi connectivity index (χ2v) is 8.94. The maximum atomic E-state index is 11.9. The van der Waals surface area contributed by atoms with E-state index in [1.54, 1.807) is 30.3 Å². The highest BCUT2D eigenvalue weighted by atomic mass is 32.3. The first-order chi connectivity index (χ1) is 15.1. The zero-order valence-electron chi connectivity index (χ0n) is 16.8. The van der Waals surface area contributed by atoms with Gasteiger partial charge in [-0.15, -0.1) is 0 Å². The summed E-state index contributed by atoms with van der Waals surface area (Å²) in [6.45, 7) is -0.562. The largest absolute Gasteiger partial charge is 0.466 e. The van der Waals surface area contributed by atoms with Crippen LogP contribution in [0, 0.1) is 0 Å². The summed E-state index contributed by atoms with van der Waals surface area (Å²) in [6.07, 6.45) is -5.12. The van der Waals surface area contributed by atoms with Crippen LogP contribution in [0.2, 0.25) is 0 Å². The Labute approximate surface area is 188 Å². The first kappa shape index (κ1) is 26.5. The van der Waals surface area contributed by atoms with Crippen LogP contribution in [0.3, 0.4) is 0 Å². The van der Waals surface area contributed by atoms with Crippen molar-refractivity contribution in [3.63, 3.8) is 0 Å². The highest BCUT2D eigenvalue weighted by molar-refractivity contribution is 8.14. The first-order valence-corrected chi connectivity index (χ1v) is 11.8. The third-order valence-corrected chi connectivity index (χ3v) is 5.80. The summed E-state index contributed by atoms with van der Waals surface area (Å²) >= 11 is 0.688. The summed E-state index contributed by atoms with van der Waals surface area (Å²) in [5, 5.41) is 42.4. The Bertz CT molecular complexity index is 863. The van der Waals surface area contributed by atoms with Crippen molar-refractivity contribution in [2.24, 2.45) is 5.16 Å². The van der Waals surface area contributed by atoms with Gasteiger partial charge in [-0.05, 0) is 31.4 Å². The maximum Gasteiger partial charge on any atom is 0.466 e. The lowest BCUT2D eigenvalue weighted by molar-refractivity contribution is -0.205. The molecule has 1 aliphatic heterocycles. The Morgan fingerprint density at radius 3 is 2.41 bits per heavy atom. The molecule has 1 heterocycles. The van der Waals surface area contributed by atoms with Crippen LogP contribution in [0.15, 0.2) is 35.5 Å². The van der Waals surface area contributed by atoms with Crippen LogP contribution in [-0.2, 0) is 24.2 Å². The van der Waals surface area contributed by atoms with Crippen molar-refractivity contribution in [1.82, 2.24) is 0 Å². The second kappa shape index (κ2) is 12.5. The molecule has 180 valence electrons. The van der Waals surface area contributed by atoms with Gasteiger partial charge in [0.25, 0.3) is 0 Å². The van der Waals surface area contributed by atoms with Crippen molar-refractivity contribution >= 4 is 33.2 Å². The van der Waals surface area contributed by atoms with Crippen molar-refractivity contribution in [2.45, 2.75) is 49.1 Å². The minimum atomic E-state index is -4.89. The molecular formula is C18H25NO11S2. The fourth-order valence-electron chi connectivity index (χ4n) is 2.71. The highest BCUT2D eigenvalue weighted by Gasteiger charge is 2.44. The summed E-state index contributed by atoms with van der Waals surface area (Å²) in [6, 6.07) is 8.38. The molecule has 0 aromatic heterocycles. The molecule has 0 saturated carbocycles. The molecule has 0 unspecified atom stereocenters. The van der Waals surface area contributed by atoms with E-state index in [0.717, 1.165) is 0 Å². The normalized spacial score (nSPS) is 26.5. The maximum absolute atomic E-state index is 11.9. The number of hydrogen-bond acceptors (Lipinski definition) is 12. The Morgan fingerprint density at radius 2 is 1.78 bits per heavy atom. The smallest absolute Gasteiger partial charge is 0.462 e. The van der Waals surface area contributed by atoms with E-state index in [9.17, 15) is 33.6 Å². The fourth-order valence-corrected chi connectivity index (χ4v) is 4.05. The Balaban J connectivity index is 1.92. The average Bonchev–Trinajstić information content (AvgIpc) is 2.77. The van der Waals surface area contributed by atoms with Crippen LogP contribution in [0.1, 0.15) is 29.6 Å². The standard InChI is InChI=1S/C18H25NO11S2/c20-10-12-14(21)15(22)16(23)18(29-12)31-13(19-30-32(25,26)27)8-4-5-9-28-17(24)11-6-2-1-3-7-11/h1-3,6-7,12,14-16,18,20-23H,4-5,8-10H2,(H,25,26,27)/b19-13-/t12-,14-,15+,16-,18+/m1/s1. The minimum Gasteiger partial charge on any atom is -0.462 e. The molecule has 32 heavy (non-hydrogen) atoms. The summed E-state index contributed by atoms with van der Waals surface area (Å²) in [5.41, 5.74) is -0.820. The Kier molecular flexibility index (Phi) is 10.3. The van der Waals surface area contributed by atoms with E-state index in [4.69, 9.17) is 14.0 Å². The molecule has 1 aromatic carbocycles. The quantitative estimate of drug-likeness (QED) is 0.0710. The number of unbranched alkanes of at least 4 members (excludes halogenated alkanes) is 1. The summed E-state index contributed by atoms with van der Waals surface area (Å²) in [5.74, 6) is -0.495. The Hall–Kier alpha value is -1.78. The SMILES string of the molecule is O=C(OCCCC/C(=N/OS(=O)(=O)O)S[C@@H]1O[C@H](CO)[C@@H](O)[C@H](O)[C@H]1O)c1ccccc1. The topological polar surface area (TPSA) is 192 Å². The van der Waals surface area contributed by atoms with E-state index in [1.165, 1.54) is 0 Å². The van der Waals surface area contributed by atoms with Gasteiger partial charge in [-0.1, -0.05) is 35.1 Å². The molecule has 1 aliphatic rings. The molecule has 1 saturated heterocycles. The zero-order chi connectivity index (χ0) is 23.7. The monoisotopic (exact) mass is 495 g/mol. The predicted molar refractivity (Wildman–Crippen MR) is 112 cm³/mol. The molecule has 0 spiro atoms. The second-order valence-electron chi connectivity index (χ2n) is 6.76. The van der Waals surface area contributed by atoms with Gasteiger partial charge >= 0.3 is 16.4 Å². The third-order valence-electron chi connectivity index (χ3n) is 4.36. The molecule has 0 radical (unpaired) electrons. The van der Waals surface area contributed by atoms with Crippen LogP contribution < -0.4 is 0 Å². The van der Waals surface area contributed by atoms with Crippen molar-refractivity contribution in [3.8, 4) is 0 Å². The number of thioether (sulfide) groups is 1. The van der Waals surface area contributed by atoms with Gasteiger partial charge in [-0.3, -0.25) is 4.55 Å². The number of carbonyl (C=O) groups excluding carboxylic acids is 1. The molecule has 12 nitrogen and oxygen atoms in total. The molecule has 1 fully saturated rings. The Morgan fingerprint density at radius 1 is 1.09 bits per heavy atom. The lowest BCUT2D eigenvalue weighted by Crippen LogP contribution is -2.57. The van der Waals surface area contributed by atoms with Crippen molar-refractivity contribution in [3.05, 3.63) is 35.9 Å². The number of oxime groups is 1. The third kappa shape index (κ3) is 8.29. The van der Waals surface area contributed by atoms with Gasteiger partial charge in [0.15, 0.2) is 0 Å². The number of ether oxygens (including phenoxy) is 2. The van der Waals surface area contributed by atoms with E-state index in [0.29, 0.717) is 30.2 Å². The van der Waals surface area contributed by atoms with Gasteiger partial charge in [0.05, 0.1) is 18.8 Å². The number of hydrogen-bond donors (Lipinski definition) is 5. The molecule has 5 atom stereocenters. The number of aliphatic hydroxyl groups excluding tert-OH is 4.